The fourth-order valence-electron chi connectivity index (χ4n) is 2.86. The van der Waals surface area contributed by atoms with Crippen LogP contribution in [0.25, 0.3) is 0 Å². The molecule has 5 nitrogen and oxygen atoms in total. The van der Waals surface area contributed by atoms with Gasteiger partial charge < -0.3 is 14.8 Å². The maximum absolute atomic E-state index is 12.0. The average Bonchev–Trinajstić information content (AvgIpc) is 2.59. The molecule has 9 heteroatoms. The van der Waals surface area contributed by atoms with Crippen molar-refractivity contribution in [1.29, 1.82) is 0 Å². The first-order valence-corrected chi connectivity index (χ1v) is 9.03. The topological polar surface area (TPSA) is 64.6 Å². The van der Waals surface area contributed by atoms with E-state index in [1.807, 2.05) is 12.1 Å². The average molecular weight is 408 g/mol. The number of esters is 1. The lowest BCUT2D eigenvalue weighted by Crippen LogP contribution is -2.40. The Hall–Kier alpha value is -1.96. The van der Waals surface area contributed by atoms with Crippen LogP contribution < -0.4 is 5.32 Å². The Morgan fingerprint density at radius 3 is 2.52 bits per heavy atom. The Morgan fingerprint density at radius 1 is 1.19 bits per heavy atom. The summed E-state index contributed by atoms with van der Waals surface area (Å²) < 4.78 is 45.5. The number of amides is 1. The zero-order valence-electron chi connectivity index (χ0n) is 14.6. The largest absolute Gasteiger partial charge is 0.462 e. The maximum Gasteiger partial charge on any atom is 0.422 e. The van der Waals surface area contributed by atoms with Gasteiger partial charge >= 0.3 is 18.2 Å². The first-order valence-electron chi connectivity index (χ1n) is 8.65. The molecule has 1 saturated carbocycles. The highest BCUT2D eigenvalue weighted by Gasteiger charge is 2.31. The lowest BCUT2D eigenvalue weighted by atomic mass is 9.93. The minimum Gasteiger partial charge on any atom is -0.462 e. The zero-order valence-corrected chi connectivity index (χ0v) is 15.3. The Labute approximate surface area is 160 Å². The van der Waals surface area contributed by atoms with E-state index in [9.17, 15) is 22.8 Å². The van der Waals surface area contributed by atoms with Crippen LogP contribution in [0.3, 0.4) is 0 Å². The fraction of sp³-hybridized carbons (Fsp3) is 0.556. The molecule has 0 bridgehead atoms. The molecule has 1 amide bonds. The minimum absolute atomic E-state index is 0.238. The molecule has 1 aromatic carbocycles. The molecule has 1 aromatic rings. The Kier molecular flexibility index (Phi) is 7.77. The van der Waals surface area contributed by atoms with Gasteiger partial charge in [-0.2, -0.15) is 13.2 Å². The van der Waals surface area contributed by atoms with Crippen molar-refractivity contribution in [3.63, 3.8) is 0 Å². The summed E-state index contributed by atoms with van der Waals surface area (Å²) in [5.41, 5.74) is 0.949. The number of hydrogen-bond donors (Lipinski definition) is 1. The van der Waals surface area contributed by atoms with Gasteiger partial charge in [0.15, 0.2) is 6.61 Å². The molecule has 1 N–H and O–H groups in total. The van der Waals surface area contributed by atoms with Crippen molar-refractivity contribution in [2.75, 3.05) is 6.61 Å². The van der Waals surface area contributed by atoms with Gasteiger partial charge in [-0.15, -0.1) is 0 Å². The number of halogens is 4. The SMILES string of the molecule is O=C(CCc1cccc(Cl)c1)OC1CCC(NC(=O)OCC(F)(F)F)CC1. The second kappa shape index (κ2) is 9.82. The van der Waals surface area contributed by atoms with Crippen molar-refractivity contribution in [2.45, 2.75) is 56.8 Å². The van der Waals surface area contributed by atoms with E-state index in [-0.39, 0.29) is 24.5 Å². The summed E-state index contributed by atoms with van der Waals surface area (Å²) in [5.74, 6) is -0.309. The number of carbonyl (C=O) groups is 2. The molecular formula is C18H21ClF3NO4. The number of rotatable bonds is 6. The molecule has 1 fully saturated rings. The number of ether oxygens (including phenoxy) is 2. The van der Waals surface area contributed by atoms with Crippen LogP contribution in [-0.4, -0.2) is 37.0 Å². The standard InChI is InChI=1S/C18H21ClF3NO4/c19-13-3-1-2-12(10-13)4-9-16(24)27-15-7-5-14(6-8-15)23-17(25)26-11-18(20,21)22/h1-3,10,14-15H,4-9,11H2,(H,23,25). The quantitative estimate of drug-likeness (QED) is 0.709. The smallest absolute Gasteiger partial charge is 0.422 e. The van der Waals surface area contributed by atoms with Gasteiger partial charge in [0, 0.05) is 17.5 Å². The molecule has 150 valence electrons. The molecule has 1 aliphatic carbocycles. The molecule has 0 unspecified atom stereocenters. The van der Waals surface area contributed by atoms with Crippen LogP contribution in [0.15, 0.2) is 24.3 Å². The van der Waals surface area contributed by atoms with Gasteiger partial charge in [0.05, 0.1) is 0 Å². The summed E-state index contributed by atoms with van der Waals surface area (Å²) in [5, 5.41) is 3.01. The van der Waals surface area contributed by atoms with E-state index < -0.39 is 18.9 Å². The Bertz CT molecular complexity index is 646. The van der Waals surface area contributed by atoms with Crippen molar-refractivity contribution in [3.05, 3.63) is 34.9 Å². The lowest BCUT2D eigenvalue weighted by Gasteiger charge is -2.28. The number of benzene rings is 1. The van der Waals surface area contributed by atoms with Crippen LogP contribution >= 0.6 is 11.6 Å². The van der Waals surface area contributed by atoms with Crippen LogP contribution in [-0.2, 0) is 20.7 Å². The molecule has 0 saturated heterocycles. The zero-order chi connectivity index (χ0) is 19.9. The van der Waals surface area contributed by atoms with Gasteiger partial charge in [-0.05, 0) is 49.8 Å². The second-order valence-corrected chi connectivity index (χ2v) is 6.87. The number of alkyl halides is 3. The molecular weight excluding hydrogens is 387 g/mol. The number of nitrogens with one attached hydrogen (secondary N) is 1. The summed E-state index contributed by atoms with van der Waals surface area (Å²) in [6.45, 7) is -1.61. The number of aryl methyl sites for hydroxylation is 1. The predicted molar refractivity (Wildman–Crippen MR) is 92.4 cm³/mol. The van der Waals surface area contributed by atoms with Gasteiger partial charge in [-0.25, -0.2) is 4.79 Å². The molecule has 0 aliphatic heterocycles. The van der Waals surface area contributed by atoms with Crippen molar-refractivity contribution in [2.24, 2.45) is 0 Å². The number of alkyl carbamates (subject to hydrolysis) is 1. The molecule has 0 spiro atoms. The maximum atomic E-state index is 12.0. The van der Waals surface area contributed by atoms with E-state index >= 15 is 0 Å². The summed E-state index contributed by atoms with van der Waals surface area (Å²) in [4.78, 5) is 23.3. The van der Waals surface area contributed by atoms with Gasteiger partial charge in [-0.1, -0.05) is 23.7 Å². The van der Waals surface area contributed by atoms with E-state index in [1.165, 1.54) is 0 Å². The fourth-order valence-corrected chi connectivity index (χ4v) is 3.08. The van der Waals surface area contributed by atoms with Crippen molar-refractivity contribution in [3.8, 4) is 0 Å². The van der Waals surface area contributed by atoms with Gasteiger partial charge in [0.1, 0.15) is 6.10 Å². The molecule has 0 radical (unpaired) electrons. The summed E-state index contributed by atoms with van der Waals surface area (Å²) in [6.07, 6.45) is -3.03. The highest BCUT2D eigenvalue weighted by Crippen LogP contribution is 2.22. The third-order valence-electron chi connectivity index (χ3n) is 4.17. The van der Waals surface area contributed by atoms with Crippen LogP contribution in [0, 0.1) is 0 Å². The first-order chi connectivity index (χ1) is 12.7. The monoisotopic (exact) mass is 407 g/mol. The van der Waals surface area contributed by atoms with Crippen LogP contribution in [0.2, 0.25) is 5.02 Å². The van der Waals surface area contributed by atoms with Crippen molar-refractivity contribution in [1.82, 2.24) is 5.32 Å². The molecule has 0 atom stereocenters. The van der Waals surface area contributed by atoms with E-state index in [4.69, 9.17) is 16.3 Å². The summed E-state index contributed by atoms with van der Waals surface area (Å²) in [6, 6.07) is 6.97. The molecule has 2 rings (SSSR count). The van der Waals surface area contributed by atoms with Crippen molar-refractivity contribution < 1.29 is 32.2 Å². The van der Waals surface area contributed by atoms with E-state index in [1.54, 1.807) is 12.1 Å². The van der Waals surface area contributed by atoms with E-state index in [0.717, 1.165) is 5.56 Å². The van der Waals surface area contributed by atoms with Crippen molar-refractivity contribution >= 4 is 23.7 Å². The second-order valence-electron chi connectivity index (χ2n) is 6.43. The molecule has 27 heavy (non-hydrogen) atoms. The summed E-state index contributed by atoms with van der Waals surface area (Å²) >= 11 is 5.90. The lowest BCUT2D eigenvalue weighted by molar-refractivity contribution is -0.160. The Morgan fingerprint density at radius 2 is 1.89 bits per heavy atom. The predicted octanol–water partition coefficient (Wildman–Crippen LogP) is 4.42. The van der Waals surface area contributed by atoms with E-state index in [0.29, 0.717) is 37.1 Å². The third-order valence-corrected chi connectivity index (χ3v) is 4.40. The third kappa shape index (κ3) is 8.51. The first kappa shape index (κ1) is 21.3. The normalized spacial score (nSPS) is 20.0. The van der Waals surface area contributed by atoms with Crippen LogP contribution in [0.1, 0.15) is 37.7 Å². The number of carbonyl (C=O) groups excluding carboxylic acids is 2. The van der Waals surface area contributed by atoms with Gasteiger partial charge in [0.25, 0.3) is 0 Å². The molecule has 0 aromatic heterocycles. The Balaban J connectivity index is 1.63. The minimum atomic E-state index is -4.55. The van der Waals surface area contributed by atoms with E-state index in [2.05, 4.69) is 10.1 Å². The highest BCUT2D eigenvalue weighted by molar-refractivity contribution is 6.30. The molecule has 1 aliphatic rings. The molecule has 0 heterocycles. The number of hydrogen-bond acceptors (Lipinski definition) is 4. The van der Waals surface area contributed by atoms with Crippen LogP contribution in [0.4, 0.5) is 18.0 Å². The van der Waals surface area contributed by atoms with Gasteiger partial charge in [-0.3, -0.25) is 4.79 Å². The van der Waals surface area contributed by atoms with Gasteiger partial charge in [0.2, 0.25) is 0 Å². The highest BCUT2D eigenvalue weighted by atomic mass is 35.5. The summed E-state index contributed by atoms with van der Waals surface area (Å²) in [7, 11) is 0. The van der Waals surface area contributed by atoms with Crippen LogP contribution in [0.5, 0.6) is 0 Å².